The largest absolute Gasteiger partial charge is 0.496 e. The number of para-hydroxylation sites is 1. The molecular formula is C31H31BO. The van der Waals surface area contributed by atoms with Gasteiger partial charge >= 0.3 is 0 Å². The predicted molar refractivity (Wildman–Crippen MR) is 144 cm³/mol. The minimum absolute atomic E-state index is 0.0961. The van der Waals surface area contributed by atoms with Crippen molar-refractivity contribution in [2.45, 2.75) is 27.7 Å². The molecule has 0 fully saturated rings. The van der Waals surface area contributed by atoms with E-state index in [-0.39, 0.29) is 6.71 Å². The number of allylic oxidation sites excluding steroid dienone is 1. The third-order valence-electron chi connectivity index (χ3n) is 6.39. The highest BCUT2D eigenvalue weighted by atomic mass is 16.5. The molecule has 2 heteroatoms. The van der Waals surface area contributed by atoms with Crippen molar-refractivity contribution in [2.75, 3.05) is 7.11 Å². The Morgan fingerprint density at radius 1 is 0.606 bits per heavy atom. The third-order valence-corrected chi connectivity index (χ3v) is 6.39. The molecule has 0 spiro atoms. The molecule has 0 aliphatic rings. The van der Waals surface area contributed by atoms with Gasteiger partial charge in [-0.15, -0.1) is 0 Å². The van der Waals surface area contributed by atoms with Crippen LogP contribution in [-0.2, 0) is 0 Å². The van der Waals surface area contributed by atoms with Gasteiger partial charge in [0.2, 0.25) is 6.71 Å². The van der Waals surface area contributed by atoms with Gasteiger partial charge in [0, 0.05) is 5.56 Å². The van der Waals surface area contributed by atoms with E-state index in [4.69, 9.17) is 4.74 Å². The molecule has 0 radical (unpaired) electrons. The maximum absolute atomic E-state index is 5.76. The quantitative estimate of drug-likeness (QED) is 0.254. The molecule has 0 N–H and O–H groups in total. The van der Waals surface area contributed by atoms with Crippen molar-refractivity contribution >= 4 is 28.7 Å². The van der Waals surface area contributed by atoms with Crippen LogP contribution in [0.4, 0.5) is 0 Å². The second kappa shape index (κ2) is 9.96. The number of ether oxygens (including phenoxy) is 1. The summed E-state index contributed by atoms with van der Waals surface area (Å²) in [5.74, 6) is 0.895. The Balaban J connectivity index is 2.04. The summed E-state index contributed by atoms with van der Waals surface area (Å²) in [6, 6.07) is 35.1. The van der Waals surface area contributed by atoms with Crippen LogP contribution < -0.4 is 15.7 Å². The molecule has 0 heterocycles. The first-order valence-electron chi connectivity index (χ1n) is 11.5. The highest BCUT2D eigenvalue weighted by molar-refractivity contribution is 7.00. The lowest BCUT2D eigenvalue weighted by Crippen LogP contribution is -2.44. The number of hydrogen-bond donors (Lipinski definition) is 0. The van der Waals surface area contributed by atoms with Crippen LogP contribution >= 0.6 is 0 Å². The summed E-state index contributed by atoms with van der Waals surface area (Å²) in [6.07, 6.45) is 0. The fourth-order valence-corrected chi connectivity index (χ4v) is 4.48. The maximum atomic E-state index is 5.76. The van der Waals surface area contributed by atoms with E-state index < -0.39 is 0 Å². The molecule has 4 aromatic rings. The van der Waals surface area contributed by atoms with E-state index in [1.807, 2.05) is 12.1 Å². The monoisotopic (exact) mass is 430 g/mol. The van der Waals surface area contributed by atoms with Crippen molar-refractivity contribution in [2.24, 2.45) is 0 Å². The fourth-order valence-electron chi connectivity index (χ4n) is 4.48. The summed E-state index contributed by atoms with van der Waals surface area (Å²) in [5, 5.41) is 0. The zero-order chi connectivity index (χ0) is 23.4. The second-order valence-corrected chi connectivity index (χ2v) is 8.86. The number of methoxy groups -OCH3 is 1. The van der Waals surface area contributed by atoms with Gasteiger partial charge in [0.15, 0.2) is 0 Å². The summed E-state index contributed by atoms with van der Waals surface area (Å²) in [7, 11) is 1.75. The first kappa shape index (κ1) is 22.7. The fraction of sp³-hybridized carbons (Fsp3) is 0.161. The molecule has 0 saturated carbocycles. The summed E-state index contributed by atoms with van der Waals surface area (Å²) in [5.41, 5.74) is 11.2. The average Bonchev–Trinajstić information content (AvgIpc) is 2.84. The van der Waals surface area contributed by atoms with Crippen LogP contribution in [0.1, 0.15) is 34.7 Å². The second-order valence-electron chi connectivity index (χ2n) is 8.86. The molecule has 33 heavy (non-hydrogen) atoms. The summed E-state index contributed by atoms with van der Waals surface area (Å²) in [4.78, 5) is 0. The highest BCUT2D eigenvalue weighted by Crippen LogP contribution is 2.33. The minimum atomic E-state index is 0.0961. The molecule has 0 bridgehead atoms. The standard InChI is InChI=1S/C31H31BO/c1-22-10-16-26(17-11-22)31(25(4)29-8-6-7-9-30(29)33-5)32(27-18-12-23(2)13-19-27)28-20-14-24(3)15-21-28/h6-21H,1-5H3/b31-25-. The van der Waals surface area contributed by atoms with Gasteiger partial charge in [0.25, 0.3) is 0 Å². The van der Waals surface area contributed by atoms with Crippen molar-refractivity contribution in [3.8, 4) is 5.75 Å². The van der Waals surface area contributed by atoms with Gasteiger partial charge in [-0.3, -0.25) is 0 Å². The van der Waals surface area contributed by atoms with Gasteiger partial charge in [0.1, 0.15) is 5.75 Å². The Labute approximate surface area is 198 Å². The van der Waals surface area contributed by atoms with Crippen LogP contribution in [0.2, 0.25) is 0 Å². The molecule has 0 amide bonds. The molecule has 0 aliphatic carbocycles. The van der Waals surface area contributed by atoms with Crippen LogP contribution in [0.25, 0.3) is 11.0 Å². The summed E-state index contributed by atoms with van der Waals surface area (Å²) < 4.78 is 5.76. The molecule has 0 unspecified atom stereocenters. The van der Waals surface area contributed by atoms with E-state index in [1.54, 1.807) is 7.11 Å². The lowest BCUT2D eigenvalue weighted by atomic mass is 9.34. The van der Waals surface area contributed by atoms with Gasteiger partial charge in [-0.2, -0.15) is 0 Å². The van der Waals surface area contributed by atoms with Crippen molar-refractivity contribution in [1.82, 2.24) is 0 Å². The number of aryl methyl sites for hydroxylation is 3. The number of hydrogen-bond acceptors (Lipinski definition) is 1. The van der Waals surface area contributed by atoms with Crippen LogP contribution in [-0.4, -0.2) is 13.8 Å². The Bertz CT molecular complexity index is 1200. The third kappa shape index (κ3) is 4.96. The molecular weight excluding hydrogens is 399 g/mol. The van der Waals surface area contributed by atoms with Crippen LogP contribution in [0.5, 0.6) is 5.75 Å². The van der Waals surface area contributed by atoms with E-state index in [2.05, 4.69) is 113 Å². The van der Waals surface area contributed by atoms with Crippen molar-refractivity contribution in [3.05, 3.63) is 125 Å². The zero-order valence-electron chi connectivity index (χ0n) is 20.2. The van der Waals surface area contributed by atoms with Crippen molar-refractivity contribution in [1.29, 1.82) is 0 Å². The first-order valence-corrected chi connectivity index (χ1v) is 11.5. The lowest BCUT2D eigenvalue weighted by molar-refractivity contribution is 0.413. The SMILES string of the molecule is COc1ccccc1/C(C)=C(\B(c1ccc(C)cc1)c1ccc(C)cc1)c1ccc(C)cc1. The van der Waals surface area contributed by atoms with Crippen molar-refractivity contribution in [3.63, 3.8) is 0 Å². The molecule has 1 nitrogen and oxygen atoms in total. The molecule has 4 rings (SSSR count). The minimum Gasteiger partial charge on any atom is -0.496 e. The Morgan fingerprint density at radius 2 is 1.06 bits per heavy atom. The molecule has 0 saturated heterocycles. The Hall–Kier alpha value is -3.52. The topological polar surface area (TPSA) is 9.23 Å². The highest BCUT2D eigenvalue weighted by Gasteiger charge is 2.28. The molecule has 164 valence electrons. The smallest absolute Gasteiger partial charge is 0.242 e. The van der Waals surface area contributed by atoms with Crippen LogP contribution in [0.3, 0.4) is 0 Å². The van der Waals surface area contributed by atoms with E-state index in [0.717, 1.165) is 11.3 Å². The molecule has 0 atom stereocenters. The normalized spacial score (nSPS) is 11.7. The van der Waals surface area contributed by atoms with Gasteiger partial charge in [-0.25, -0.2) is 0 Å². The van der Waals surface area contributed by atoms with Crippen LogP contribution in [0.15, 0.2) is 97.1 Å². The van der Waals surface area contributed by atoms with E-state index in [0.29, 0.717) is 0 Å². The van der Waals surface area contributed by atoms with E-state index in [9.17, 15) is 0 Å². The van der Waals surface area contributed by atoms with Gasteiger partial charge in [-0.1, -0.05) is 124 Å². The lowest BCUT2D eigenvalue weighted by Gasteiger charge is -2.24. The molecule has 4 aromatic carbocycles. The predicted octanol–water partition coefficient (Wildman–Crippen LogP) is 6.40. The Morgan fingerprint density at radius 3 is 1.55 bits per heavy atom. The Kier molecular flexibility index (Phi) is 6.84. The average molecular weight is 430 g/mol. The van der Waals surface area contributed by atoms with Gasteiger partial charge in [0.05, 0.1) is 7.11 Å². The summed E-state index contributed by atoms with van der Waals surface area (Å²) in [6.45, 7) is 8.74. The summed E-state index contributed by atoms with van der Waals surface area (Å²) >= 11 is 0. The van der Waals surface area contributed by atoms with Gasteiger partial charge < -0.3 is 4.74 Å². The van der Waals surface area contributed by atoms with E-state index in [1.165, 1.54) is 44.2 Å². The molecule has 0 aliphatic heterocycles. The maximum Gasteiger partial charge on any atom is 0.242 e. The zero-order valence-corrected chi connectivity index (χ0v) is 20.2. The molecule has 0 aromatic heterocycles. The first-order chi connectivity index (χ1) is 16.0. The van der Waals surface area contributed by atoms with Gasteiger partial charge in [-0.05, 0) is 44.9 Å². The van der Waals surface area contributed by atoms with E-state index >= 15 is 0 Å². The van der Waals surface area contributed by atoms with Crippen LogP contribution in [0, 0.1) is 20.8 Å². The number of rotatable bonds is 6. The van der Waals surface area contributed by atoms with Crippen molar-refractivity contribution < 1.29 is 4.74 Å². The number of benzene rings is 4.